The van der Waals surface area contributed by atoms with E-state index < -0.39 is 5.97 Å². The van der Waals surface area contributed by atoms with Gasteiger partial charge in [-0.1, -0.05) is 42.0 Å². The first-order valence-corrected chi connectivity index (χ1v) is 8.37. The van der Waals surface area contributed by atoms with Crippen molar-refractivity contribution in [3.8, 4) is 22.8 Å². The van der Waals surface area contributed by atoms with E-state index >= 15 is 0 Å². The lowest BCUT2D eigenvalue weighted by molar-refractivity contribution is 0.0105. The number of para-hydroxylation sites is 2. The number of fused-ring (bicyclic) bond motifs is 1. The first-order valence-electron chi connectivity index (χ1n) is 8.37. The lowest BCUT2D eigenvalue weighted by Gasteiger charge is -2.25. The number of aryl methyl sites for hydroxylation is 1. The second-order valence-corrected chi connectivity index (χ2v) is 6.13. The van der Waals surface area contributed by atoms with Gasteiger partial charge in [0.05, 0.1) is 5.69 Å². The van der Waals surface area contributed by atoms with Gasteiger partial charge in [-0.05, 0) is 25.1 Å². The Morgan fingerprint density at radius 1 is 1.19 bits per heavy atom. The zero-order valence-electron chi connectivity index (χ0n) is 14.3. The van der Waals surface area contributed by atoms with Crippen LogP contribution in [0.25, 0.3) is 11.3 Å². The number of nitrogens with zero attached hydrogens (tertiary/aromatic N) is 1. The molecule has 26 heavy (non-hydrogen) atoms. The largest absolute Gasteiger partial charge is 0.486 e. The van der Waals surface area contributed by atoms with E-state index in [0.717, 1.165) is 5.56 Å². The molecule has 0 saturated carbocycles. The van der Waals surface area contributed by atoms with E-state index in [1.165, 1.54) is 5.56 Å². The average molecular weight is 350 g/mol. The van der Waals surface area contributed by atoms with Crippen molar-refractivity contribution >= 4 is 5.97 Å². The van der Waals surface area contributed by atoms with E-state index in [-0.39, 0.29) is 12.7 Å². The minimum Gasteiger partial charge on any atom is -0.486 e. The van der Waals surface area contributed by atoms with Gasteiger partial charge in [-0.3, -0.25) is 5.10 Å². The smallest absolute Gasteiger partial charge is 0.356 e. The van der Waals surface area contributed by atoms with Crippen LogP contribution < -0.4 is 9.47 Å². The summed E-state index contributed by atoms with van der Waals surface area (Å²) < 4.78 is 16.7. The van der Waals surface area contributed by atoms with E-state index in [9.17, 15) is 4.79 Å². The molecule has 0 amide bonds. The second kappa shape index (κ2) is 6.92. The molecule has 0 aliphatic carbocycles. The summed E-state index contributed by atoms with van der Waals surface area (Å²) in [6.45, 7) is 2.46. The van der Waals surface area contributed by atoms with Crippen molar-refractivity contribution in [1.82, 2.24) is 10.2 Å². The third-order valence-corrected chi connectivity index (χ3v) is 4.11. The van der Waals surface area contributed by atoms with Crippen molar-refractivity contribution in [3.05, 3.63) is 65.9 Å². The van der Waals surface area contributed by atoms with Crippen LogP contribution >= 0.6 is 0 Å². The Labute approximate surface area is 150 Å². The highest BCUT2D eigenvalue weighted by atomic mass is 16.6. The number of nitrogens with one attached hydrogen (secondary N) is 1. The van der Waals surface area contributed by atoms with E-state index in [0.29, 0.717) is 29.5 Å². The molecule has 0 bridgehead atoms. The Morgan fingerprint density at radius 3 is 2.77 bits per heavy atom. The summed E-state index contributed by atoms with van der Waals surface area (Å²) in [4.78, 5) is 12.2. The fourth-order valence-corrected chi connectivity index (χ4v) is 2.69. The molecule has 0 fully saturated rings. The molecule has 1 aliphatic heterocycles. The van der Waals surface area contributed by atoms with Crippen LogP contribution in [0.4, 0.5) is 0 Å². The number of rotatable bonds is 4. The molecule has 6 heteroatoms. The maximum atomic E-state index is 12.2. The normalized spacial score (nSPS) is 15.5. The topological polar surface area (TPSA) is 73.4 Å². The van der Waals surface area contributed by atoms with Crippen molar-refractivity contribution in [2.24, 2.45) is 0 Å². The Kier molecular flexibility index (Phi) is 4.31. The minimum absolute atomic E-state index is 0.103. The molecule has 4 rings (SSSR count). The van der Waals surface area contributed by atoms with E-state index in [4.69, 9.17) is 14.2 Å². The zero-order valence-corrected chi connectivity index (χ0v) is 14.3. The minimum atomic E-state index is -0.474. The molecule has 1 aliphatic rings. The number of carbonyl (C=O) groups is 1. The van der Waals surface area contributed by atoms with Crippen molar-refractivity contribution < 1.29 is 19.0 Å². The van der Waals surface area contributed by atoms with Crippen LogP contribution in [0.15, 0.2) is 54.6 Å². The quantitative estimate of drug-likeness (QED) is 0.730. The van der Waals surface area contributed by atoms with Crippen molar-refractivity contribution in [3.63, 3.8) is 0 Å². The zero-order chi connectivity index (χ0) is 17.9. The van der Waals surface area contributed by atoms with Gasteiger partial charge in [-0.15, -0.1) is 0 Å². The summed E-state index contributed by atoms with van der Waals surface area (Å²) in [5.74, 6) is 0.882. The molecule has 0 radical (unpaired) electrons. The molecule has 2 aromatic carbocycles. The van der Waals surface area contributed by atoms with Crippen molar-refractivity contribution in [1.29, 1.82) is 0 Å². The predicted molar refractivity (Wildman–Crippen MR) is 95.4 cm³/mol. The Bertz CT molecular complexity index is 918. The Balaban J connectivity index is 1.36. The summed E-state index contributed by atoms with van der Waals surface area (Å²) in [7, 11) is 0. The van der Waals surface area contributed by atoms with E-state index in [1.54, 1.807) is 6.07 Å². The third-order valence-electron chi connectivity index (χ3n) is 4.11. The highest BCUT2D eigenvalue weighted by molar-refractivity contribution is 5.88. The second-order valence-electron chi connectivity index (χ2n) is 6.13. The summed E-state index contributed by atoms with van der Waals surface area (Å²) in [6, 6.07) is 17.0. The number of hydrogen-bond donors (Lipinski definition) is 1. The number of hydrogen-bond acceptors (Lipinski definition) is 5. The summed E-state index contributed by atoms with van der Waals surface area (Å²) in [6.07, 6.45) is -0.339. The van der Waals surface area contributed by atoms with Gasteiger partial charge in [0, 0.05) is 5.56 Å². The molecule has 6 nitrogen and oxygen atoms in total. The lowest BCUT2D eigenvalue weighted by atomic mass is 10.1. The number of esters is 1. The van der Waals surface area contributed by atoms with Crippen LogP contribution in [0.1, 0.15) is 16.1 Å². The molecular weight excluding hydrogens is 332 g/mol. The first kappa shape index (κ1) is 16.2. The van der Waals surface area contributed by atoms with E-state index in [2.05, 4.69) is 10.2 Å². The number of H-pyrrole nitrogens is 1. The third kappa shape index (κ3) is 3.39. The van der Waals surface area contributed by atoms with Crippen LogP contribution in [0.2, 0.25) is 0 Å². The van der Waals surface area contributed by atoms with Crippen LogP contribution in [-0.4, -0.2) is 35.5 Å². The summed E-state index contributed by atoms with van der Waals surface area (Å²) >= 11 is 0. The first-order chi connectivity index (χ1) is 12.7. The van der Waals surface area contributed by atoms with Crippen LogP contribution in [0.3, 0.4) is 0 Å². The molecular formula is C20H18N2O4. The standard InChI is InChI=1S/C20H18N2O4/c1-13-6-8-14(9-7-13)16-10-17(22-21-16)20(23)25-12-15-11-24-18-4-2-3-5-19(18)26-15/h2-10,15H,11-12H2,1H3,(H,21,22)/t15-/m1/s1. The maximum Gasteiger partial charge on any atom is 0.356 e. The fraction of sp³-hybridized carbons (Fsp3) is 0.200. The van der Waals surface area contributed by atoms with Gasteiger partial charge in [-0.2, -0.15) is 5.10 Å². The highest BCUT2D eigenvalue weighted by Crippen LogP contribution is 2.30. The molecule has 132 valence electrons. The predicted octanol–water partition coefficient (Wildman–Crippen LogP) is 3.38. The monoisotopic (exact) mass is 350 g/mol. The molecule has 1 N–H and O–H groups in total. The summed E-state index contributed by atoms with van der Waals surface area (Å²) in [5, 5.41) is 6.91. The number of carbonyl (C=O) groups excluding carboxylic acids is 1. The lowest BCUT2D eigenvalue weighted by Crippen LogP contribution is -2.34. The average Bonchev–Trinajstić information content (AvgIpc) is 3.17. The van der Waals surface area contributed by atoms with Crippen molar-refractivity contribution in [2.75, 3.05) is 13.2 Å². The van der Waals surface area contributed by atoms with Crippen LogP contribution in [0, 0.1) is 6.92 Å². The van der Waals surface area contributed by atoms with E-state index in [1.807, 2.05) is 55.5 Å². The fourth-order valence-electron chi connectivity index (χ4n) is 2.69. The highest BCUT2D eigenvalue weighted by Gasteiger charge is 2.23. The molecule has 0 unspecified atom stereocenters. The molecule has 0 saturated heterocycles. The van der Waals surface area contributed by atoms with Gasteiger partial charge in [-0.25, -0.2) is 4.79 Å². The number of ether oxygens (including phenoxy) is 3. The molecule has 0 spiro atoms. The Hall–Kier alpha value is -3.28. The maximum absolute atomic E-state index is 12.2. The molecule has 2 heterocycles. The Morgan fingerprint density at radius 2 is 1.96 bits per heavy atom. The van der Waals surface area contributed by atoms with Gasteiger partial charge in [0.15, 0.2) is 17.6 Å². The van der Waals surface area contributed by atoms with Gasteiger partial charge < -0.3 is 14.2 Å². The van der Waals surface area contributed by atoms with Crippen molar-refractivity contribution in [2.45, 2.75) is 13.0 Å². The number of benzene rings is 2. The van der Waals surface area contributed by atoms with Gasteiger partial charge in [0.2, 0.25) is 0 Å². The van der Waals surface area contributed by atoms with Gasteiger partial charge in [0.25, 0.3) is 0 Å². The van der Waals surface area contributed by atoms with Crippen LogP contribution in [0.5, 0.6) is 11.5 Å². The SMILES string of the molecule is Cc1ccc(-c2cc(C(=O)OC[C@H]3COc4ccccc4O3)[nH]n2)cc1. The number of aromatic amines is 1. The van der Waals surface area contributed by atoms with Crippen LogP contribution in [-0.2, 0) is 4.74 Å². The van der Waals surface area contributed by atoms with Gasteiger partial charge in [0.1, 0.15) is 18.9 Å². The molecule has 1 aromatic heterocycles. The van der Waals surface area contributed by atoms with Gasteiger partial charge >= 0.3 is 5.97 Å². The number of aromatic nitrogens is 2. The molecule has 1 atom stereocenters. The summed E-state index contributed by atoms with van der Waals surface area (Å²) in [5.41, 5.74) is 3.10. The molecule has 3 aromatic rings.